The summed E-state index contributed by atoms with van der Waals surface area (Å²) in [4.78, 5) is 13.4. The number of amides is 2. The highest BCUT2D eigenvalue weighted by Gasteiger charge is 2.19. The summed E-state index contributed by atoms with van der Waals surface area (Å²) in [7, 11) is 0. The molecule has 1 aliphatic rings. The number of rotatable bonds is 4. The maximum Gasteiger partial charge on any atom is 0.341 e. The number of nitrogens with one attached hydrogen (secondary N) is 1. The average Bonchev–Trinajstić information content (AvgIpc) is 3.17. The lowest BCUT2D eigenvalue weighted by atomic mass is 9.97. The van der Waals surface area contributed by atoms with Crippen LogP contribution in [0.25, 0.3) is 37.3 Å². The number of carbonyl (C=O) groups excluding carboxylic acids is 1. The highest BCUT2D eigenvalue weighted by molar-refractivity contribution is 6.06. The largest absolute Gasteiger partial charge is 0.498 e. The highest BCUT2D eigenvalue weighted by Crippen LogP contribution is 2.33. The van der Waals surface area contributed by atoms with Crippen LogP contribution in [0.5, 0.6) is 5.75 Å². The first-order valence-corrected chi connectivity index (χ1v) is 9.86. The third-order valence-electron chi connectivity index (χ3n) is 5.52. The number of urea groups is 1. The highest BCUT2D eigenvalue weighted by atomic mass is 16.5. The summed E-state index contributed by atoms with van der Waals surface area (Å²) >= 11 is 0. The van der Waals surface area contributed by atoms with Gasteiger partial charge in [-0.2, -0.15) is 0 Å². The molecule has 0 aliphatic carbocycles. The quantitative estimate of drug-likeness (QED) is 0.400. The van der Waals surface area contributed by atoms with Crippen LogP contribution in [-0.4, -0.2) is 37.2 Å². The topological polar surface area (TPSA) is 69.0 Å². The van der Waals surface area contributed by atoms with E-state index in [0.717, 1.165) is 26.9 Å². The molecule has 30 heavy (non-hydrogen) atoms. The van der Waals surface area contributed by atoms with E-state index in [1.165, 1.54) is 5.39 Å². The minimum absolute atomic E-state index is 0.0799. The van der Waals surface area contributed by atoms with Crippen LogP contribution >= 0.6 is 0 Å². The Morgan fingerprint density at radius 2 is 1.73 bits per heavy atom. The van der Waals surface area contributed by atoms with E-state index in [-0.39, 0.29) is 6.03 Å². The van der Waals surface area contributed by atoms with Crippen LogP contribution in [0.2, 0.25) is 0 Å². The van der Waals surface area contributed by atoms with Crippen LogP contribution in [0.1, 0.15) is 5.56 Å². The number of fused-ring (bicyclic) bond motifs is 3. The summed E-state index contributed by atoms with van der Waals surface area (Å²) in [6.07, 6.45) is 0. The van der Waals surface area contributed by atoms with E-state index in [1.807, 2.05) is 30.3 Å². The first kappa shape index (κ1) is 18.1. The van der Waals surface area contributed by atoms with Crippen molar-refractivity contribution in [2.75, 3.05) is 26.2 Å². The number of benzene rings is 4. The van der Waals surface area contributed by atoms with Crippen molar-refractivity contribution in [3.8, 4) is 11.8 Å². The van der Waals surface area contributed by atoms with Crippen LogP contribution in [0, 0.1) is 11.3 Å². The second-order valence-electron chi connectivity index (χ2n) is 7.33. The van der Waals surface area contributed by atoms with Crippen molar-refractivity contribution in [3.63, 3.8) is 0 Å². The fourth-order valence-electron chi connectivity index (χ4n) is 4.02. The number of carbonyl (C=O) groups is 1. The van der Waals surface area contributed by atoms with Crippen LogP contribution in [0.3, 0.4) is 0 Å². The third-order valence-corrected chi connectivity index (χ3v) is 5.52. The third kappa shape index (κ3) is 3.20. The van der Waals surface area contributed by atoms with Gasteiger partial charge in [-0.1, -0.05) is 30.3 Å². The molecule has 148 valence electrons. The Bertz CT molecular complexity index is 1350. The molecule has 2 amide bonds. The summed E-state index contributed by atoms with van der Waals surface area (Å²) in [5.41, 5.74) is 0.531. The van der Waals surface area contributed by atoms with Crippen molar-refractivity contribution in [2.45, 2.75) is 0 Å². The van der Waals surface area contributed by atoms with Crippen molar-refractivity contribution in [2.24, 2.45) is 0 Å². The minimum atomic E-state index is -0.0799. The molecule has 4 aromatic rings. The molecular weight excluding hydrogens is 378 g/mol. The van der Waals surface area contributed by atoms with Gasteiger partial charge in [0.1, 0.15) is 12.4 Å². The monoisotopic (exact) mass is 397 g/mol. The van der Waals surface area contributed by atoms with Gasteiger partial charge < -0.3 is 20.2 Å². The molecule has 1 fully saturated rings. The molecule has 6 heteroatoms. The second kappa shape index (κ2) is 7.45. The van der Waals surface area contributed by atoms with Gasteiger partial charge in [0.15, 0.2) is 5.56 Å². The van der Waals surface area contributed by atoms with Crippen molar-refractivity contribution in [1.29, 1.82) is 0 Å². The predicted octanol–water partition coefficient (Wildman–Crippen LogP) is 4.73. The van der Waals surface area contributed by atoms with Gasteiger partial charge in [-0.3, -0.25) is 0 Å². The molecule has 5 rings (SSSR count). The first-order valence-electron chi connectivity index (χ1n) is 9.86. The van der Waals surface area contributed by atoms with E-state index in [0.29, 0.717) is 37.6 Å². The molecule has 1 aliphatic heterocycles. The maximum atomic E-state index is 11.7. The minimum Gasteiger partial charge on any atom is -0.498 e. The zero-order valence-corrected chi connectivity index (χ0v) is 16.2. The number of hydrogen-bond acceptors (Lipinski definition) is 3. The number of ether oxygens (including phenoxy) is 1. The summed E-state index contributed by atoms with van der Waals surface area (Å²) in [5, 5.41) is 23.1. The molecule has 1 N–H and O–H groups in total. The van der Waals surface area contributed by atoms with Gasteiger partial charge in [-0.05, 0) is 57.3 Å². The standard InChI is InChI=1S/C24H19N3O3/c28-24-25-7-8-27(24)9-10-30-23-6-5-18-13-19-11-16-3-1-2-4-17(16)12-20(19)14-21(18)22(23)15-26-29/h1-6,11-14H,7-10H2,(H,25,28). The lowest BCUT2D eigenvalue weighted by molar-refractivity contribution is 0.202. The van der Waals surface area contributed by atoms with Crippen molar-refractivity contribution in [1.82, 2.24) is 10.2 Å². The van der Waals surface area contributed by atoms with Crippen LogP contribution < -0.4 is 10.1 Å². The predicted molar refractivity (Wildman–Crippen MR) is 119 cm³/mol. The lowest BCUT2D eigenvalue weighted by Crippen LogP contribution is -2.31. The molecule has 0 spiro atoms. The second-order valence-corrected chi connectivity index (χ2v) is 7.33. The average molecular weight is 397 g/mol. The Morgan fingerprint density at radius 3 is 2.43 bits per heavy atom. The van der Waals surface area contributed by atoms with E-state index in [1.54, 1.807) is 4.90 Å². The maximum absolute atomic E-state index is 11.7. The Morgan fingerprint density at radius 1 is 1.00 bits per heavy atom. The Hall–Kier alpha value is -3.98. The van der Waals surface area contributed by atoms with E-state index >= 15 is 0 Å². The van der Waals surface area contributed by atoms with Gasteiger partial charge >= 0.3 is 12.1 Å². The SMILES string of the molecule is O=C1NCCN1CCOc1ccc2cc3cc4ccccc4cc3cc2c1C#[N+][O-]. The zero-order valence-electron chi connectivity index (χ0n) is 16.2. The Labute approximate surface area is 173 Å². The normalized spacial score (nSPS) is 13.5. The molecule has 1 heterocycles. The molecule has 0 aromatic heterocycles. The molecule has 0 radical (unpaired) electrons. The fraction of sp³-hybridized carbons (Fsp3) is 0.167. The van der Waals surface area contributed by atoms with Crippen LogP contribution in [0.4, 0.5) is 4.79 Å². The van der Waals surface area contributed by atoms with Gasteiger partial charge in [0.25, 0.3) is 0 Å². The number of hydrogen-bond donors (Lipinski definition) is 1. The Kier molecular flexibility index (Phi) is 4.49. The van der Waals surface area contributed by atoms with Crippen molar-refractivity contribution < 1.29 is 9.53 Å². The zero-order chi connectivity index (χ0) is 20.5. The van der Waals surface area contributed by atoms with Crippen molar-refractivity contribution in [3.05, 3.63) is 76.4 Å². The molecule has 1 saturated heterocycles. The van der Waals surface area contributed by atoms with Gasteiger partial charge in [-0.25, -0.2) is 4.79 Å². The summed E-state index contributed by atoms with van der Waals surface area (Å²) in [6, 6.07) is 23.0. The van der Waals surface area contributed by atoms with Gasteiger partial charge in [0, 0.05) is 23.5 Å². The molecular formula is C24H19N3O3. The van der Waals surface area contributed by atoms with E-state index in [4.69, 9.17) is 4.74 Å². The molecule has 0 saturated carbocycles. The Balaban J connectivity index is 1.54. The van der Waals surface area contributed by atoms with E-state index in [2.05, 4.69) is 46.7 Å². The first-order chi connectivity index (χ1) is 14.7. The molecule has 0 atom stereocenters. The smallest absolute Gasteiger partial charge is 0.341 e. The number of nitrogens with zero attached hydrogens (tertiary/aromatic N) is 2. The van der Waals surface area contributed by atoms with E-state index in [9.17, 15) is 10.0 Å². The van der Waals surface area contributed by atoms with Gasteiger partial charge in [0.05, 0.1) is 6.54 Å². The van der Waals surface area contributed by atoms with Gasteiger partial charge in [0.2, 0.25) is 0 Å². The van der Waals surface area contributed by atoms with E-state index < -0.39 is 0 Å². The van der Waals surface area contributed by atoms with Crippen LogP contribution in [0.15, 0.2) is 60.7 Å². The van der Waals surface area contributed by atoms with Gasteiger partial charge in [-0.15, -0.1) is 0 Å². The summed E-state index contributed by atoms with van der Waals surface area (Å²) in [6.45, 7) is 2.12. The fourth-order valence-corrected chi connectivity index (χ4v) is 4.02. The van der Waals surface area contributed by atoms with Crippen LogP contribution in [-0.2, 0) is 0 Å². The molecule has 0 bridgehead atoms. The lowest BCUT2D eigenvalue weighted by Gasteiger charge is -2.15. The summed E-state index contributed by atoms with van der Waals surface area (Å²) < 4.78 is 5.91. The molecule has 4 aromatic carbocycles. The molecule has 6 nitrogen and oxygen atoms in total. The summed E-state index contributed by atoms with van der Waals surface area (Å²) in [5.74, 6) is 0.529. The van der Waals surface area contributed by atoms with Crippen molar-refractivity contribution >= 4 is 38.3 Å². The molecule has 0 unspecified atom stereocenters.